The molecule has 132 valence electrons. The highest BCUT2D eigenvalue weighted by molar-refractivity contribution is 7.92. The predicted octanol–water partition coefficient (Wildman–Crippen LogP) is 3.35. The maximum absolute atomic E-state index is 12.2. The molecule has 2 aromatic rings. The first-order valence-corrected chi connectivity index (χ1v) is 9.93. The van der Waals surface area contributed by atoms with Crippen LogP contribution in [0.1, 0.15) is 17.5 Å². The first kappa shape index (κ1) is 17.3. The molecule has 6 nitrogen and oxygen atoms in total. The monoisotopic (exact) mass is 359 g/mol. The lowest BCUT2D eigenvalue weighted by atomic mass is 10.0. The normalized spacial score (nSPS) is 13.9. The number of amides is 2. The van der Waals surface area contributed by atoms with Gasteiger partial charge in [-0.2, -0.15) is 0 Å². The van der Waals surface area contributed by atoms with Crippen molar-refractivity contribution in [3.8, 4) is 0 Å². The van der Waals surface area contributed by atoms with E-state index in [0.717, 1.165) is 24.0 Å². The van der Waals surface area contributed by atoms with E-state index in [9.17, 15) is 13.2 Å². The molecule has 1 aliphatic rings. The second kappa shape index (κ2) is 6.76. The van der Waals surface area contributed by atoms with Crippen molar-refractivity contribution in [2.24, 2.45) is 0 Å². The number of carbonyl (C=O) groups excluding carboxylic acids is 1. The van der Waals surface area contributed by atoms with Gasteiger partial charge in [-0.05, 0) is 49.6 Å². The van der Waals surface area contributed by atoms with Gasteiger partial charge in [0.2, 0.25) is 10.0 Å². The smallest absolute Gasteiger partial charge is 0.308 e. The van der Waals surface area contributed by atoms with E-state index in [0.29, 0.717) is 23.6 Å². The van der Waals surface area contributed by atoms with Crippen LogP contribution in [-0.2, 0) is 16.4 Å². The van der Waals surface area contributed by atoms with Crippen molar-refractivity contribution in [3.63, 3.8) is 0 Å². The predicted molar refractivity (Wildman–Crippen MR) is 101 cm³/mol. The first-order chi connectivity index (χ1) is 11.8. The lowest BCUT2D eigenvalue weighted by molar-refractivity contribution is 0.262. The fraction of sp³-hybridized carbons (Fsp3) is 0.278. The van der Waals surface area contributed by atoms with Crippen LogP contribution in [0.15, 0.2) is 42.5 Å². The van der Waals surface area contributed by atoms with Gasteiger partial charge in [-0.1, -0.05) is 23.8 Å². The van der Waals surface area contributed by atoms with Crippen LogP contribution in [0.25, 0.3) is 0 Å². The van der Waals surface area contributed by atoms with Crippen molar-refractivity contribution < 1.29 is 13.2 Å². The number of hydrogen-bond acceptors (Lipinski definition) is 3. The topological polar surface area (TPSA) is 78.5 Å². The van der Waals surface area contributed by atoms with E-state index in [1.807, 2.05) is 37.3 Å². The van der Waals surface area contributed by atoms with Crippen molar-refractivity contribution in [1.82, 2.24) is 0 Å². The summed E-state index contributed by atoms with van der Waals surface area (Å²) in [5, 5.41) is 5.51. The van der Waals surface area contributed by atoms with Crippen LogP contribution in [-0.4, -0.2) is 27.2 Å². The molecule has 0 saturated carbocycles. The molecule has 0 unspecified atom stereocenters. The van der Waals surface area contributed by atoms with Crippen LogP contribution in [0.3, 0.4) is 0 Å². The Morgan fingerprint density at radius 1 is 1.04 bits per heavy atom. The van der Waals surface area contributed by atoms with Crippen LogP contribution < -0.4 is 14.9 Å². The van der Waals surface area contributed by atoms with Gasteiger partial charge in [0, 0.05) is 17.9 Å². The summed E-state index contributed by atoms with van der Waals surface area (Å²) >= 11 is 0. The number of rotatable bonds is 3. The number of sulfonamides is 1. The SMILES string of the molecule is Cc1ccc(NC(=O)Nc2ccc3c(c2)N(S(C)(=O)=O)CCC3)cc1. The number of nitrogens with one attached hydrogen (secondary N) is 2. The molecule has 0 spiro atoms. The number of benzene rings is 2. The quantitative estimate of drug-likeness (QED) is 0.882. The van der Waals surface area contributed by atoms with Gasteiger partial charge in [0.05, 0.1) is 11.9 Å². The molecule has 25 heavy (non-hydrogen) atoms. The summed E-state index contributed by atoms with van der Waals surface area (Å²) in [4.78, 5) is 12.2. The summed E-state index contributed by atoms with van der Waals surface area (Å²) < 4.78 is 25.4. The minimum absolute atomic E-state index is 0.370. The third-order valence-corrected chi connectivity index (χ3v) is 5.31. The van der Waals surface area contributed by atoms with E-state index in [-0.39, 0.29) is 6.03 Å². The summed E-state index contributed by atoms with van der Waals surface area (Å²) in [6, 6.07) is 12.5. The van der Waals surface area contributed by atoms with Gasteiger partial charge >= 0.3 is 6.03 Å². The highest BCUT2D eigenvalue weighted by Crippen LogP contribution is 2.31. The zero-order chi connectivity index (χ0) is 18.0. The molecule has 0 aliphatic carbocycles. The molecule has 3 rings (SSSR count). The Morgan fingerprint density at radius 3 is 2.36 bits per heavy atom. The van der Waals surface area contributed by atoms with E-state index in [1.54, 1.807) is 12.1 Å². The minimum atomic E-state index is -3.33. The van der Waals surface area contributed by atoms with E-state index in [2.05, 4.69) is 10.6 Å². The highest BCUT2D eigenvalue weighted by atomic mass is 32.2. The largest absolute Gasteiger partial charge is 0.323 e. The van der Waals surface area contributed by atoms with E-state index in [4.69, 9.17) is 0 Å². The molecule has 7 heteroatoms. The molecule has 2 N–H and O–H groups in total. The Bertz CT molecular complexity index is 892. The second-order valence-electron chi connectivity index (χ2n) is 6.23. The first-order valence-electron chi connectivity index (χ1n) is 8.08. The minimum Gasteiger partial charge on any atom is -0.308 e. The van der Waals surface area contributed by atoms with Crippen LogP contribution in [0.5, 0.6) is 0 Å². The summed E-state index contributed by atoms with van der Waals surface area (Å²) in [6.07, 6.45) is 2.82. The summed E-state index contributed by atoms with van der Waals surface area (Å²) in [5.41, 5.74) is 3.97. The molecule has 1 heterocycles. The van der Waals surface area contributed by atoms with Gasteiger partial charge in [-0.15, -0.1) is 0 Å². The third-order valence-electron chi connectivity index (χ3n) is 4.13. The van der Waals surface area contributed by atoms with Crippen molar-refractivity contribution in [1.29, 1.82) is 0 Å². The third kappa shape index (κ3) is 4.11. The van der Waals surface area contributed by atoms with Crippen LogP contribution in [0.4, 0.5) is 21.9 Å². The maximum atomic E-state index is 12.2. The van der Waals surface area contributed by atoms with Crippen LogP contribution in [0, 0.1) is 6.92 Å². The number of aryl methyl sites for hydroxylation is 2. The lowest BCUT2D eigenvalue weighted by Gasteiger charge is -2.29. The standard InChI is InChI=1S/C18H21N3O3S/c1-13-5-8-15(9-6-13)19-18(22)20-16-10-7-14-4-3-11-21(17(14)12-16)25(2,23)24/h5-10,12H,3-4,11H2,1-2H3,(H2,19,20,22). The molecular formula is C18H21N3O3S. The Kier molecular flexibility index (Phi) is 4.67. The molecular weight excluding hydrogens is 338 g/mol. The lowest BCUT2D eigenvalue weighted by Crippen LogP contribution is -2.34. The summed E-state index contributed by atoms with van der Waals surface area (Å²) in [5.74, 6) is 0. The van der Waals surface area contributed by atoms with Gasteiger partial charge in [-0.25, -0.2) is 13.2 Å². The van der Waals surface area contributed by atoms with E-state index in [1.165, 1.54) is 10.6 Å². The second-order valence-corrected chi connectivity index (χ2v) is 8.13. The van der Waals surface area contributed by atoms with E-state index < -0.39 is 10.0 Å². The Hall–Kier alpha value is -2.54. The zero-order valence-electron chi connectivity index (χ0n) is 14.2. The van der Waals surface area contributed by atoms with Crippen molar-refractivity contribution in [2.75, 3.05) is 27.7 Å². The van der Waals surface area contributed by atoms with Gasteiger partial charge in [0.1, 0.15) is 0 Å². The van der Waals surface area contributed by atoms with Crippen LogP contribution in [0.2, 0.25) is 0 Å². The summed E-state index contributed by atoms with van der Waals surface area (Å²) in [7, 11) is -3.33. The number of anilines is 3. The fourth-order valence-corrected chi connectivity index (χ4v) is 3.88. The average molecular weight is 359 g/mol. The summed E-state index contributed by atoms with van der Waals surface area (Å²) in [6.45, 7) is 2.44. The highest BCUT2D eigenvalue weighted by Gasteiger charge is 2.24. The van der Waals surface area contributed by atoms with Gasteiger partial charge in [-0.3, -0.25) is 4.31 Å². The molecule has 1 aliphatic heterocycles. The molecule has 0 radical (unpaired) electrons. The molecule has 0 bridgehead atoms. The van der Waals surface area contributed by atoms with Gasteiger partial charge < -0.3 is 10.6 Å². The number of hydrogen-bond donors (Lipinski definition) is 2. The number of carbonyl (C=O) groups is 1. The van der Waals surface area contributed by atoms with E-state index >= 15 is 0 Å². The maximum Gasteiger partial charge on any atom is 0.323 e. The number of urea groups is 1. The Morgan fingerprint density at radius 2 is 1.68 bits per heavy atom. The Labute approximate surface area is 147 Å². The molecule has 2 aromatic carbocycles. The zero-order valence-corrected chi connectivity index (χ0v) is 15.1. The van der Waals surface area contributed by atoms with Gasteiger partial charge in [0.25, 0.3) is 0 Å². The van der Waals surface area contributed by atoms with Crippen molar-refractivity contribution >= 4 is 33.1 Å². The molecule has 0 aromatic heterocycles. The molecule has 0 atom stereocenters. The Balaban J connectivity index is 1.77. The molecule has 0 fully saturated rings. The number of nitrogens with zero attached hydrogens (tertiary/aromatic N) is 1. The molecule has 0 saturated heterocycles. The van der Waals surface area contributed by atoms with Crippen molar-refractivity contribution in [3.05, 3.63) is 53.6 Å². The van der Waals surface area contributed by atoms with Crippen molar-refractivity contribution in [2.45, 2.75) is 19.8 Å². The molecule has 2 amide bonds. The van der Waals surface area contributed by atoms with Gasteiger partial charge in [0.15, 0.2) is 0 Å². The van der Waals surface area contributed by atoms with Crippen LogP contribution >= 0.6 is 0 Å². The fourth-order valence-electron chi connectivity index (χ4n) is 2.89. The average Bonchev–Trinajstić information content (AvgIpc) is 2.55. The number of fused-ring (bicyclic) bond motifs is 1.